The summed E-state index contributed by atoms with van der Waals surface area (Å²) in [5.74, 6) is -1.49. The number of rotatable bonds is 6. The number of Topliss-reactive ketones (excluding diaryl/α,β-unsaturated/α-hetero) is 1. The van der Waals surface area contributed by atoms with Crippen LogP contribution in [0.2, 0.25) is 0 Å². The van der Waals surface area contributed by atoms with Crippen LogP contribution < -0.4 is 5.43 Å². The summed E-state index contributed by atoms with van der Waals surface area (Å²) in [6.45, 7) is -0.108. The van der Waals surface area contributed by atoms with Crippen LogP contribution in [0.25, 0.3) is 5.69 Å². The van der Waals surface area contributed by atoms with Gasteiger partial charge in [-0.1, -0.05) is 0 Å². The van der Waals surface area contributed by atoms with E-state index in [1.54, 1.807) is 23.0 Å². The van der Waals surface area contributed by atoms with Crippen molar-refractivity contribution in [1.82, 2.24) is 24.5 Å². The minimum Gasteiger partial charge on any atom is -0.312 e. The van der Waals surface area contributed by atoms with Crippen molar-refractivity contribution in [3.63, 3.8) is 0 Å². The second kappa shape index (κ2) is 10.4. The van der Waals surface area contributed by atoms with E-state index in [0.29, 0.717) is 30.0 Å². The highest BCUT2D eigenvalue weighted by Gasteiger charge is 2.54. The van der Waals surface area contributed by atoms with Crippen LogP contribution in [0.5, 0.6) is 0 Å². The van der Waals surface area contributed by atoms with Gasteiger partial charge in [0, 0.05) is 32.0 Å². The van der Waals surface area contributed by atoms with Crippen LogP contribution in [0.15, 0.2) is 53.9 Å². The lowest BCUT2D eigenvalue weighted by Gasteiger charge is -2.49. The van der Waals surface area contributed by atoms with Gasteiger partial charge in [-0.25, -0.2) is 22.4 Å². The van der Waals surface area contributed by atoms with Gasteiger partial charge < -0.3 is 10.8 Å². The Hall–Kier alpha value is -3.98. The lowest BCUT2D eigenvalue weighted by molar-refractivity contribution is -0.137. The number of fused-ring (bicyclic) bond motifs is 2. The Morgan fingerprint density at radius 1 is 1.27 bits per heavy atom. The predicted molar refractivity (Wildman–Crippen MR) is 143 cm³/mol. The summed E-state index contributed by atoms with van der Waals surface area (Å²) >= 11 is 0. The van der Waals surface area contributed by atoms with Crippen molar-refractivity contribution < 1.29 is 26.6 Å². The number of halogens is 4. The number of pyridine rings is 1. The zero-order chi connectivity index (χ0) is 29.6. The van der Waals surface area contributed by atoms with Crippen LogP contribution in [0, 0.1) is 27.3 Å². The highest BCUT2D eigenvalue weighted by atomic mass is 32.2. The van der Waals surface area contributed by atoms with Crippen molar-refractivity contribution in [2.24, 2.45) is 16.4 Å². The normalized spacial score (nSPS) is 22.8. The van der Waals surface area contributed by atoms with Crippen LogP contribution in [0.3, 0.4) is 0 Å². The summed E-state index contributed by atoms with van der Waals surface area (Å²) in [5, 5.41) is 15.5. The number of alkyl halides is 3. The van der Waals surface area contributed by atoms with Crippen LogP contribution in [-0.4, -0.2) is 60.5 Å². The summed E-state index contributed by atoms with van der Waals surface area (Å²) < 4.78 is 79.3. The largest absolute Gasteiger partial charge is 0.416 e. The quantitative estimate of drug-likeness (QED) is 0.132. The molecule has 1 fully saturated rings. The maximum atomic E-state index is 14.2. The number of piperidine rings is 1. The molecule has 2 aliphatic rings. The first kappa shape index (κ1) is 28.5. The third-order valence-electron chi connectivity index (χ3n) is 7.70. The molecule has 2 aromatic heterocycles. The fourth-order valence-electron chi connectivity index (χ4n) is 5.71. The molecule has 0 bridgehead atoms. The number of aromatic nitrogens is 3. The Bertz CT molecular complexity index is 1640. The molecule has 3 aromatic rings. The molecule has 3 heterocycles. The average Bonchev–Trinajstić information content (AvgIpc) is 3.36. The summed E-state index contributed by atoms with van der Waals surface area (Å²) in [5.41, 5.74) is 1.67. The van der Waals surface area contributed by atoms with E-state index in [0.717, 1.165) is 18.0 Å². The average molecular weight is 591 g/mol. The van der Waals surface area contributed by atoms with Gasteiger partial charge in [0.2, 0.25) is 0 Å². The van der Waals surface area contributed by atoms with E-state index in [9.17, 15) is 26.6 Å². The molecule has 1 saturated heterocycles. The molecule has 5 rings (SSSR count). The summed E-state index contributed by atoms with van der Waals surface area (Å²) in [4.78, 5) is 18.2. The molecular formula is C26H26F4N8O2S. The SMILES string of the molecule is CN/N=C(\C=N)S(=N)(=O)N1CCC2Cc3c(cnn3-c3ccc(F)cc3)C[C@]2(C(=O)c2cc(C(F)(F)F)ccn2)C1. The van der Waals surface area contributed by atoms with E-state index in [1.165, 1.54) is 23.5 Å². The highest BCUT2D eigenvalue weighted by molar-refractivity contribution is 8.07. The van der Waals surface area contributed by atoms with Gasteiger partial charge in [0.15, 0.2) is 20.7 Å². The number of nitrogens with one attached hydrogen (secondary N) is 3. The molecule has 1 aliphatic heterocycles. The monoisotopic (exact) mass is 590 g/mol. The molecule has 1 aliphatic carbocycles. The van der Waals surface area contributed by atoms with Crippen LogP contribution in [0.4, 0.5) is 17.6 Å². The molecule has 0 amide bonds. The molecule has 1 aromatic carbocycles. The number of hydrogen-bond acceptors (Lipinski definition) is 8. The first-order valence-electron chi connectivity index (χ1n) is 12.6. The second-order valence-electron chi connectivity index (χ2n) is 9.99. The van der Waals surface area contributed by atoms with E-state index < -0.39 is 44.6 Å². The molecular weight excluding hydrogens is 564 g/mol. The minimum atomic E-state index is -4.69. The highest BCUT2D eigenvalue weighted by Crippen LogP contribution is 2.48. The number of carbonyl (C=O) groups excluding carboxylic acids is 1. The van der Waals surface area contributed by atoms with E-state index in [-0.39, 0.29) is 36.7 Å². The molecule has 0 saturated carbocycles. The molecule has 0 spiro atoms. The second-order valence-corrected chi connectivity index (χ2v) is 12.0. The number of hydrazone groups is 1. The van der Waals surface area contributed by atoms with Crippen molar-refractivity contribution in [3.8, 4) is 5.69 Å². The Labute approximate surface area is 233 Å². The zero-order valence-electron chi connectivity index (χ0n) is 21.8. The van der Waals surface area contributed by atoms with Crippen molar-refractivity contribution in [1.29, 1.82) is 10.2 Å². The molecule has 3 atom stereocenters. The standard InChI is InChI=1S/C26H26F4N8O2S/c1-33-36-23(13-31)41(32,40)37-9-7-17-11-22-16(14-35-38(22)20-4-2-19(27)3-5-20)12-25(17,15-37)24(39)21-10-18(6-8-34-21)26(28,29)30/h2-6,8,10,13-14,17,31-33H,7,9,11-12,15H2,1H3/b31-13?,36-23+/t17?,25-,41?/m0/s1. The number of carbonyl (C=O) groups is 1. The first-order valence-corrected chi connectivity index (χ1v) is 14.1. The van der Waals surface area contributed by atoms with Gasteiger partial charge in [0.25, 0.3) is 0 Å². The Morgan fingerprint density at radius 2 is 2.00 bits per heavy atom. The van der Waals surface area contributed by atoms with Crippen LogP contribution >= 0.6 is 0 Å². The third-order valence-corrected chi connectivity index (χ3v) is 9.52. The van der Waals surface area contributed by atoms with E-state index in [1.807, 2.05) is 0 Å². The molecule has 41 heavy (non-hydrogen) atoms. The molecule has 2 unspecified atom stereocenters. The van der Waals surface area contributed by atoms with E-state index in [2.05, 4.69) is 20.6 Å². The maximum Gasteiger partial charge on any atom is 0.416 e. The first-order chi connectivity index (χ1) is 19.4. The van der Waals surface area contributed by atoms with Crippen LogP contribution in [-0.2, 0) is 28.9 Å². The Balaban J connectivity index is 1.61. The van der Waals surface area contributed by atoms with Gasteiger partial charge in [0.05, 0.1) is 29.1 Å². The third kappa shape index (κ3) is 5.03. The van der Waals surface area contributed by atoms with Gasteiger partial charge in [-0.3, -0.25) is 9.78 Å². The van der Waals surface area contributed by atoms with Gasteiger partial charge in [0.1, 0.15) is 11.5 Å². The number of ketones is 1. The fourth-order valence-corrected chi connectivity index (χ4v) is 7.12. The van der Waals surface area contributed by atoms with Gasteiger partial charge in [-0.15, -0.1) is 0 Å². The van der Waals surface area contributed by atoms with Gasteiger partial charge >= 0.3 is 6.18 Å². The lowest BCUT2D eigenvalue weighted by Crippen LogP contribution is -2.58. The Morgan fingerprint density at radius 3 is 2.66 bits per heavy atom. The zero-order valence-corrected chi connectivity index (χ0v) is 22.6. The maximum absolute atomic E-state index is 14.2. The number of nitrogens with zero attached hydrogens (tertiary/aromatic N) is 5. The molecule has 0 radical (unpaired) electrons. The van der Waals surface area contributed by atoms with Gasteiger partial charge in [-0.05, 0) is 67.1 Å². The van der Waals surface area contributed by atoms with Crippen molar-refractivity contribution in [2.45, 2.75) is 25.4 Å². The van der Waals surface area contributed by atoms with Crippen molar-refractivity contribution in [2.75, 3.05) is 20.1 Å². The number of benzene rings is 1. The lowest BCUT2D eigenvalue weighted by atomic mass is 9.60. The minimum absolute atomic E-state index is 0.0417. The van der Waals surface area contributed by atoms with Crippen LogP contribution in [0.1, 0.15) is 33.7 Å². The van der Waals surface area contributed by atoms with E-state index in [4.69, 9.17) is 10.2 Å². The summed E-state index contributed by atoms with van der Waals surface area (Å²) in [7, 11) is -2.39. The van der Waals surface area contributed by atoms with Crippen molar-refractivity contribution in [3.05, 3.63) is 77.1 Å². The predicted octanol–water partition coefficient (Wildman–Crippen LogP) is 3.86. The Kier molecular flexibility index (Phi) is 7.27. The topological polar surface area (TPSA) is 140 Å². The molecule has 10 nitrogen and oxygen atoms in total. The van der Waals surface area contributed by atoms with Crippen molar-refractivity contribution >= 4 is 27.0 Å². The summed E-state index contributed by atoms with van der Waals surface area (Å²) in [6, 6.07) is 7.24. The molecule has 15 heteroatoms. The van der Waals surface area contributed by atoms with Gasteiger partial charge in [-0.2, -0.15) is 23.4 Å². The number of hydrogen-bond donors (Lipinski definition) is 3. The smallest absolute Gasteiger partial charge is 0.312 e. The molecule has 3 N–H and O–H groups in total. The summed E-state index contributed by atoms with van der Waals surface area (Å²) in [6.07, 6.45) is -0.866. The fraction of sp³-hybridized carbons (Fsp3) is 0.346. The van der Waals surface area contributed by atoms with E-state index >= 15 is 0 Å². The molecule has 216 valence electrons.